The summed E-state index contributed by atoms with van der Waals surface area (Å²) in [7, 11) is 0. The summed E-state index contributed by atoms with van der Waals surface area (Å²) in [6.45, 7) is 4.79. The minimum absolute atomic E-state index is 0.221. The van der Waals surface area contributed by atoms with Crippen molar-refractivity contribution in [3.05, 3.63) is 224 Å². The van der Waals surface area contributed by atoms with Crippen LogP contribution in [-0.2, 0) is 5.41 Å². The Bertz CT molecular complexity index is 3470. The van der Waals surface area contributed by atoms with Gasteiger partial charge in [-0.15, -0.1) is 0 Å². The van der Waals surface area contributed by atoms with Gasteiger partial charge in [-0.1, -0.05) is 166 Å². The van der Waals surface area contributed by atoms with Gasteiger partial charge < -0.3 is 9.47 Å². The fourth-order valence-electron chi connectivity index (χ4n) is 10.1. The molecular formula is C58H41N3. The van der Waals surface area contributed by atoms with Crippen LogP contribution in [0.4, 0.5) is 17.1 Å². The number of para-hydroxylation sites is 2. The lowest BCUT2D eigenvalue weighted by Gasteiger charge is -2.27. The van der Waals surface area contributed by atoms with Gasteiger partial charge in [0.1, 0.15) is 0 Å². The highest BCUT2D eigenvalue weighted by atomic mass is 15.1. The van der Waals surface area contributed by atoms with Gasteiger partial charge in [0.05, 0.1) is 34.3 Å². The molecule has 3 nitrogen and oxygen atoms in total. The maximum absolute atomic E-state index is 5.20. The van der Waals surface area contributed by atoms with E-state index in [9.17, 15) is 0 Å². The third kappa shape index (κ3) is 5.47. The molecule has 2 aromatic heterocycles. The highest BCUT2D eigenvalue weighted by Gasteiger charge is 2.38. The van der Waals surface area contributed by atoms with Crippen LogP contribution >= 0.6 is 0 Å². The molecule has 0 amide bonds. The SMILES string of the molecule is CC1(C)c2ccc(-c3ccc(N(c4ccc(-c5ccccc5)cc4)c4cccc5ccccc45)cn3)cc2-c2ccc3ccc4c5ccccc5n(-c5ccccc5)c4c3c21. The molecular weight excluding hydrogens is 739 g/mol. The minimum atomic E-state index is -0.221. The zero-order valence-corrected chi connectivity index (χ0v) is 34.0. The molecule has 12 rings (SSSR count). The van der Waals surface area contributed by atoms with Crippen LogP contribution in [0.3, 0.4) is 0 Å². The van der Waals surface area contributed by atoms with E-state index in [-0.39, 0.29) is 5.41 Å². The fourth-order valence-corrected chi connectivity index (χ4v) is 10.1. The summed E-state index contributed by atoms with van der Waals surface area (Å²) in [6, 6.07) is 74.8. The summed E-state index contributed by atoms with van der Waals surface area (Å²) in [6.07, 6.45) is 2.03. The molecule has 0 radical (unpaired) electrons. The number of nitrogens with zero attached hydrogens (tertiary/aromatic N) is 3. The molecule has 0 fully saturated rings. The van der Waals surface area contributed by atoms with E-state index in [1.807, 2.05) is 6.20 Å². The van der Waals surface area contributed by atoms with Crippen molar-refractivity contribution < 1.29 is 0 Å². The van der Waals surface area contributed by atoms with E-state index in [4.69, 9.17) is 4.98 Å². The highest BCUT2D eigenvalue weighted by Crippen LogP contribution is 2.54. The smallest absolute Gasteiger partial charge is 0.0703 e. The van der Waals surface area contributed by atoms with Gasteiger partial charge >= 0.3 is 0 Å². The van der Waals surface area contributed by atoms with Crippen molar-refractivity contribution >= 4 is 60.4 Å². The molecule has 11 aromatic rings. The van der Waals surface area contributed by atoms with Crippen LogP contribution in [0.2, 0.25) is 0 Å². The van der Waals surface area contributed by atoms with Crippen LogP contribution in [0.15, 0.2) is 212 Å². The van der Waals surface area contributed by atoms with Gasteiger partial charge in [-0.3, -0.25) is 4.98 Å². The van der Waals surface area contributed by atoms with Crippen molar-refractivity contribution in [3.63, 3.8) is 0 Å². The molecule has 2 heterocycles. The van der Waals surface area contributed by atoms with Crippen LogP contribution in [-0.4, -0.2) is 9.55 Å². The van der Waals surface area contributed by atoms with Crippen molar-refractivity contribution in [2.24, 2.45) is 0 Å². The fraction of sp³-hybridized carbons (Fsp3) is 0.0517. The molecule has 1 aliphatic rings. The molecule has 0 aliphatic heterocycles. The number of pyridine rings is 1. The predicted octanol–water partition coefficient (Wildman–Crippen LogP) is 15.6. The van der Waals surface area contributed by atoms with E-state index in [0.717, 1.165) is 28.3 Å². The van der Waals surface area contributed by atoms with Crippen LogP contribution in [0.25, 0.3) is 82.5 Å². The second kappa shape index (κ2) is 13.7. The standard InChI is InChI=1S/C58H41N3/c1-58(2)51-34-28-42(36-50(51)48-32-26-41-27-33-49-47-21-11-12-22-54(47)61(43-18-7-4-8-19-43)57(49)55(41)56(48)58)52-35-31-45(37-59-52)60(53-23-13-17-40-16-9-10-20-46(40)53)44-29-24-39(25-30-44)38-14-5-3-6-15-38/h3-37H,1-2H3. The summed E-state index contributed by atoms with van der Waals surface area (Å²) >= 11 is 0. The van der Waals surface area contributed by atoms with Crippen LogP contribution < -0.4 is 4.90 Å². The predicted molar refractivity (Wildman–Crippen MR) is 257 cm³/mol. The van der Waals surface area contributed by atoms with Crippen molar-refractivity contribution in [1.29, 1.82) is 0 Å². The quantitative estimate of drug-likeness (QED) is 0.168. The van der Waals surface area contributed by atoms with E-state index in [1.54, 1.807) is 0 Å². The van der Waals surface area contributed by atoms with Gasteiger partial charge in [-0.05, 0) is 98.8 Å². The summed E-state index contributed by atoms with van der Waals surface area (Å²) in [5.74, 6) is 0. The number of anilines is 3. The number of hydrogen-bond donors (Lipinski definition) is 0. The maximum atomic E-state index is 5.20. The van der Waals surface area contributed by atoms with E-state index in [1.165, 1.54) is 82.4 Å². The van der Waals surface area contributed by atoms with E-state index < -0.39 is 0 Å². The first-order valence-corrected chi connectivity index (χ1v) is 21.1. The number of hydrogen-bond acceptors (Lipinski definition) is 2. The molecule has 0 saturated heterocycles. The normalized spacial score (nSPS) is 12.9. The third-order valence-corrected chi connectivity index (χ3v) is 13.0. The largest absolute Gasteiger partial charge is 0.309 e. The van der Waals surface area contributed by atoms with E-state index in [0.29, 0.717) is 0 Å². The Balaban J connectivity index is 0.984. The number of rotatable bonds is 6. The Hall–Kier alpha value is -7.75. The molecule has 0 N–H and O–H groups in total. The second-order valence-electron chi connectivity index (χ2n) is 16.8. The van der Waals surface area contributed by atoms with Gasteiger partial charge in [0, 0.05) is 43.9 Å². The van der Waals surface area contributed by atoms with Crippen molar-refractivity contribution in [2.45, 2.75) is 19.3 Å². The molecule has 0 unspecified atom stereocenters. The van der Waals surface area contributed by atoms with E-state index >= 15 is 0 Å². The summed E-state index contributed by atoms with van der Waals surface area (Å²) in [5.41, 5.74) is 16.4. The number of fused-ring (bicyclic) bond motifs is 10. The molecule has 288 valence electrons. The molecule has 1 aliphatic carbocycles. The van der Waals surface area contributed by atoms with Gasteiger partial charge in [0.15, 0.2) is 0 Å². The van der Waals surface area contributed by atoms with Crippen LogP contribution in [0, 0.1) is 0 Å². The minimum Gasteiger partial charge on any atom is -0.309 e. The molecule has 0 atom stereocenters. The average Bonchev–Trinajstić information content (AvgIpc) is 3.78. The first kappa shape index (κ1) is 35.2. The van der Waals surface area contributed by atoms with Crippen LogP contribution in [0.1, 0.15) is 25.0 Å². The Morgan fingerprint density at radius 2 is 1.15 bits per heavy atom. The lowest BCUT2D eigenvalue weighted by Crippen LogP contribution is -2.16. The van der Waals surface area contributed by atoms with E-state index in [2.05, 4.69) is 230 Å². The summed E-state index contributed by atoms with van der Waals surface area (Å²) in [5, 5.41) is 7.53. The Kier molecular flexibility index (Phi) is 7.88. The van der Waals surface area contributed by atoms with Crippen molar-refractivity contribution in [2.75, 3.05) is 4.90 Å². The highest BCUT2D eigenvalue weighted by molar-refractivity contribution is 6.21. The molecule has 9 aromatic carbocycles. The Morgan fingerprint density at radius 1 is 0.475 bits per heavy atom. The molecule has 3 heteroatoms. The first-order chi connectivity index (χ1) is 30.0. The second-order valence-corrected chi connectivity index (χ2v) is 16.8. The summed E-state index contributed by atoms with van der Waals surface area (Å²) < 4.78 is 2.47. The molecule has 0 saturated carbocycles. The lowest BCUT2D eigenvalue weighted by molar-refractivity contribution is 0.666. The molecule has 0 spiro atoms. The molecule has 0 bridgehead atoms. The number of aromatic nitrogens is 2. The zero-order chi connectivity index (χ0) is 40.7. The summed E-state index contributed by atoms with van der Waals surface area (Å²) in [4.78, 5) is 7.53. The van der Waals surface area contributed by atoms with Gasteiger partial charge in [0.25, 0.3) is 0 Å². The monoisotopic (exact) mass is 779 g/mol. The van der Waals surface area contributed by atoms with Gasteiger partial charge in [-0.2, -0.15) is 0 Å². The third-order valence-electron chi connectivity index (χ3n) is 13.0. The lowest BCUT2D eigenvalue weighted by atomic mass is 9.79. The Labute approximate surface area is 355 Å². The zero-order valence-electron chi connectivity index (χ0n) is 34.0. The van der Waals surface area contributed by atoms with Crippen molar-refractivity contribution in [1.82, 2.24) is 9.55 Å². The first-order valence-electron chi connectivity index (χ1n) is 21.1. The molecule has 61 heavy (non-hydrogen) atoms. The number of benzene rings is 9. The topological polar surface area (TPSA) is 21.1 Å². The van der Waals surface area contributed by atoms with Crippen molar-refractivity contribution in [3.8, 4) is 39.2 Å². The average molecular weight is 780 g/mol. The van der Waals surface area contributed by atoms with Gasteiger partial charge in [0.2, 0.25) is 0 Å². The van der Waals surface area contributed by atoms with Crippen LogP contribution in [0.5, 0.6) is 0 Å². The Morgan fingerprint density at radius 3 is 1.95 bits per heavy atom. The maximum Gasteiger partial charge on any atom is 0.0703 e. The van der Waals surface area contributed by atoms with Gasteiger partial charge in [-0.25, -0.2) is 0 Å².